The number of carbonyl (C=O) groups is 1. The highest BCUT2D eigenvalue weighted by atomic mass is 16.6. The van der Waals surface area contributed by atoms with Gasteiger partial charge in [0.25, 0.3) is 5.69 Å². The lowest BCUT2D eigenvalue weighted by Crippen LogP contribution is -2.28. The van der Waals surface area contributed by atoms with E-state index in [1.165, 1.54) is 12.1 Å². The number of nitro benzene ring substituents is 1. The van der Waals surface area contributed by atoms with E-state index >= 15 is 0 Å². The number of hydrogen-bond donors (Lipinski definition) is 1. The minimum Gasteiger partial charge on any atom is -0.394 e. The van der Waals surface area contributed by atoms with Crippen molar-refractivity contribution >= 4 is 17.7 Å². The van der Waals surface area contributed by atoms with Crippen LogP contribution in [0.1, 0.15) is 17.3 Å². The molecule has 0 saturated carbocycles. The Bertz CT molecular complexity index is 464. The first-order chi connectivity index (χ1) is 9.63. The predicted molar refractivity (Wildman–Crippen MR) is 74.3 cm³/mol. The topological polar surface area (TPSA) is 92.9 Å². The quantitative estimate of drug-likeness (QED) is 0.317. The molecule has 1 aromatic rings. The van der Waals surface area contributed by atoms with E-state index in [2.05, 4.69) is 0 Å². The molecule has 0 amide bonds. The maximum atomic E-state index is 11.1. The largest absolute Gasteiger partial charge is 0.394 e. The molecule has 0 radical (unpaired) electrons. The fourth-order valence-corrected chi connectivity index (χ4v) is 1.83. The number of aliphatic hydroxyl groups is 1. The summed E-state index contributed by atoms with van der Waals surface area (Å²) in [5, 5.41) is 19.3. The number of anilines is 1. The summed E-state index contributed by atoms with van der Waals surface area (Å²) < 4.78 is 5.18. The number of non-ortho nitro benzene ring substituents is 1. The van der Waals surface area contributed by atoms with Crippen LogP contribution in [0.3, 0.4) is 0 Å². The third-order valence-electron chi connectivity index (χ3n) is 2.81. The van der Waals surface area contributed by atoms with Crippen LogP contribution in [-0.4, -0.2) is 49.2 Å². The van der Waals surface area contributed by atoms with Crippen molar-refractivity contribution in [2.75, 3.05) is 37.8 Å². The Kier molecular flexibility index (Phi) is 6.61. The molecule has 110 valence electrons. The molecule has 0 aromatic heterocycles. The maximum absolute atomic E-state index is 11.1. The molecule has 0 saturated heterocycles. The minimum atomic E-state index is -0.530. The number of nitrogens with zero attached hydrogens (tertiary/aromatic N) is 2. The molecule has 1 N–H and O–H groups in total. The summed E-state index contributed by atoms with van der Waals surface area (Å²) in [5.74, 6) is 0. The Morgan fingerprint density at radius 1 is 1.45 bits per heavy atom. The number of aldehydes is 1. The van der Waals surface area contributed by atoms with Gasteiger partial charge in [0, 0.05) is 36.5 Å². The molecular formula is C13H18N2O5. The maximum Gasteiger partial charge on any atom is 0.270 e. The predicted octanol–water partition coefficient (Wildman–Crippen LogP) is 1.24. The fourth-order valence-electron chi connectivity index (χ4n) is 1.83. The number of carbonyl (C=O) groups excluding carboxylic acids is 1. The van der Waals surface area contributed by atoms with Crippen LogP contribution in [0.15, 0.2) is 18.2 Å². The van der Waals surface area contributed by atoms with Crippen molar-refractivity contribution in [2.45, 2.75) is 6.92 Å². The number of rotatable bonds is 9. The SMILES string of the molecule is CCN(CCOCCO)c1ccc([N+](=O)[O-])cc1C=O. The van der Waals surface area contributed by atoms with Crippen LogP contribution >= 0.6 is 0 Å². The van der Waals surface area contributed by atoms with E-state index in [4.69, 9.17) is 9.84 Å². The van der Waals surface area contributed by atoms with E-state index in [1.807, 2.05) is 11.8 Å². The minimum absolute atomic E-state index is 0.0384. The van der Waals surface area contributed by atoms with Gasteiger partial charge in [-0.2, -0.15) is 0 Å². The number of likely N-dealkylation sites (N-methyl/N-ethyl adjacent to an activating group) is 1. The molecule has 1 rings (SSSR count). The first-order valence-electron chi connectivity index (χ1n) is 6.31. The summed E-state index contributed by atoms with van der Waals surface area (Å²) in [7, 11) is 0. The summed E-state index contributed by atoms with van der Waals surface area (Å²) in [6.07, 6.45) is 0.611. The van der Waals surface area contributed by atoms with Gasteiger partial charge in [-0.1, -0.05) is 0 Å². The molecule has 7 heteroatoms. The van der Waals surface area contributed by atoms with Crippen LogP contribution in [0.2, 0.25) is 0 Å². The van der Waals surface area contributed by atoms with Gasteiger partial charge in [0.05, 0.1) is 24.7 Å². The Hall–Kier alpha value is -1.99. The summed E-state index contributed by atoms with van der Waals surface area (Å²) >= 11 is 0. The molecule has 7 nitrogen and oxygen atoms in total. The molecule has 0 spiro atoms. The second-order valence-corrected chi connectivity index (χ2v) is 4.03. The number of benzene rings is 1. The highest BCUT2D eigenvalue weighted by molar-refractivity contribution is 5.85. The molecular weight excluding hydrogens is 264 g/mol. The molecule has 0 fully saturated rings. The lowest BCUT2D eigenvalue weighted by molar-refractivity contribution is -0.384. The van der Waals surface area contributed by atoms with Gasteiger partial charge >= 0.3 is 0 Å². The van der Waals surface area contributed by atoms with Crippen LogP contribution in [0.25, 0.3) is 0 Å². The summed E-state index contributed by atoms with van der Waals surface area (Å²) in [4.78, 5) is 23.1. The highest BCUT2D eigenvalue weighted by Gasteiger charge is 2.14. The van der Waals surface area contributed by atoms with Gasteiger partial charge in [0.15, 0.2) is 6.29 Å². The van der Waals surface area contributed by atoms with Gasteiger partial charge in [0.2, 0.25) is 0 Å². The van der Waals surface area contributed by atoms with Crippen molar-refractivity contribution in [2.24, 2.45) is 0 Å². The lowest BCUT2D eigenvalue weighted by atomic mass is 10.1. The lowest BCUT2D eigenvalue weighted by Gasteiger charge is -2.24. The highest BCUT2D eigenvalue weighted by Crippen LogP contribution is 2.24. The first kappa shape index (κ1) is 16.1. The average molecular weight is 282 g/mol. The number of nitro groups is 1. The van der Waals surface area contributed by atoms with Crippen molar-refractivity contribution in [1.82, 2.24) is 0 Å². The molecule has 0 aliphatic carbocycles. The van der Waals surface area contributed by atoms with Gasteiger partial charge in [-0.05, 0) is 13.0 Å². The van der Waals surface area contributed by atoms with Gasteiger partial charge < -0.3 is 14.7 Å². The molecule has 0 aliphatic heterocycles. The molecule has 1 aromatic carbocycles. The van der Waals surface area contributed by atoms with E-state index < -0.39 is 4.92 Å². The van der Waals surface area contributed by atoms with Gasteiger partial charge in [-0.3, -0.25) is 14.9 Å². The summed E-state index contributed by atoms with van der Waals surface area (Å²) in [6.45, 7) is 3.73. The molecule has 0 atom stereocenters. The number of ether oxygens (including phenoxy) is 1. The zero-order valence-corrected chi connectivity index (χ0v) is 11.3. The zero-order chi connectivity index (χ0) is 15.0. The van der Waals surface area contributed by atoms with E-state index in [-0.39, 0.29) is 24.5 Å². The Morgan fingerprint density at radius 3 is 2.75 bits per heavy atom. The van der Waals surface area contributed by atoms with Gasteiger partial charge in [0.1, 0.15) is 0 Å². The van der Waals surface area contributed by atoms with E-state index in [9.17, 15) is 14.9 Å². The van der Waals surface area contributed by atoms with Gasteiger partial charge in [-0.25, -0.2) is 0 Å². The third-order valence-corrected chi connectivity index (χ3v) is 2.81. The van der Waals surface area contributed by atoms with Crippen LogP contribution in [0, 0.1) is 10.1 Å². The number of aliphatic hydroxyl groups excluding tert-OH is 1. The van der Waals surface area contributed by atoms with Gasteiger partial charge in [-0.15, -0.1) is 0 Å². The van der Waals surface area contributed by atoms with Crippen LogP contribution in [-0.2, 0) is 4.74 Å². The third kappa shape index (κ3) is 4.29. The van der Waals surface area contributed by atoms with Crippen molar-refractivity contribution in [3.8, 4) is 0 Å². The molecule has 0 bridgehead atoms. The van der Waals surface area contributed by atoms with Crippen molar-refractivity contribution in [3.63, 3.8) is 0 Å². The van der Waals surface area contributed by atoms with Crippen molar-refractivity contribution in [3.05, 3.63) is 33.9 Å². The van der Waals surface area contributed by atoms with Crippen molar-refractivity contribution in [1.29, 1.82) is 0 Å². The fraction of sp³-hybridized carbons (Fsp3) is 0.462. The standard InChI is InChI=1S/C13H18N2O5/c1-2-14(5-7-20-8-6-16)13-4-3-12(15(18)19)9-11(13)10-17/h3-4,9-10,16H,2,5-8H2,1H3. The van der Waals surface area contributed by atoms with Crippen LogP contribution in [0.4, 0.5) is 11.4 Å². The number of hydrogen-bond acceptors (Lipinski definition) is 6. The molecule has 0 heterocycles. The monoisotopic (exact) mass is 282 g/mol. The Balaban J connectivity index is 2.85. The molecule has 0 unspecified atom stereocenters. The normalized spacial score (nSPS) is 10.3. The van der Waals surface area contributed by atoms with E-state index in [0.717, 1.165) is 0 Å². The second-order valence-electron chi connectivity index (χ2n) is 4.03. The smallest absolute Gasteiger partial charge is 0.270 e. The first-order valence-corrected chi connectivity index (χ1v) is 6.31. The average Bonchev–Trinajstić information content (AvgIpc) is 2.47. The Morgan fingerprint density at radius 2 is 2.20 bits per heavy atom. The summed E-state index contributed by atoms with van der Waals surface area (Å²) in [6, 6.07) is 4.20. The van der Waals surface area contributed by atoms with Crippen LogP contribution in [0.5, 0.6) is 0 Å². The van der Waals surface area contributed by atoms with E-state index in [1.54, 1.807) is 6.07 Å². The molecule has 0 aliphatic rings. The van der Waals surface area contributed by atoms with Crippen molar-refractivity contribution < 1.29 is 19.6 Å². The zero-order valence-electron chi connectivity index (χ0n) is 11.3. The Labute approximate surface area is 116 Å². The van der Waals surface area contributed by atoms with E-state index in [0.29, 0.717) is 31.7 Å². The second kappa shape index (κ2) is 8.23. The van der Waals surface area contributed by atoms with Crippen LogP contribution < -0.4 is 4.90 Å². The molecule has 20 heavy (non-hydrogen) atoms. The summed E-state index contributed by atoms with van der Waals surface area (Å²) in [5.41, 5.74) is 0.812.